The zero-order chi connectivity index (χ0) is 33.6. The molecule has 0 saturated carbocycles. The van der Waals surface area contributed by atoms with Crippen LogP contribution in [-0.4, -0.2) is 31.5 Å². The predicted octanol–water partition coefficient (Wildman–Crippen LogP) is 7.70. The van der Waals surface area contributed by atoms with Gasteiger partial charge in [-0.25, -0.2) is 4.98 Å². The minimum Gasteiger partial charge on any atom is -0.331 e. The molecule has 4 rings (SSSR count). The second kappa shape index (κ2) is 15.1. The van der Waals surface area contributed by atoms with Gasteiger partial charge in [-0.3, -0.25) is 4.79 Å². The number of benzene rings is 3. The number of alkyl halides is 3. The third kappa shape index (κ3) is 8.65. The van der Waals surface area contributed by atoms with E-state index in [-0.39, 0.29) is 40.4 Å². The van der Waals surface area contributed by atoms with Gasteiger partial charge in [0.1, 0.15) is 5.78 Å². The number of anilines is 1. The molecule has 46 heavy (non-hydrogen) atoms. The number of imidazole rings is 1. The van der Waals surface area contributed by atoms with E-state index < -0.39 is 23.8 Å². The average molecular weight is 688 g/mol. The van der Waals surface area contributed by atoms with Crippen molar-refractivity contribution in [2.24, 2.45) is 17.6 Å². The summed E-state index contributed by atoms with van der Waals surface area (Å²) in [5, 5.41) is 12.7. The largest absolute Gasteiger partial charge is 0.416 e. The van der Waals surface area contributed by atoms with E-state index in [1.54, 1.807) is 36.8 Å². The lowest BCUT2D eigenvalue weighted by Crippen LogP contribution is -2.55. The van der Waals surface area contributed by atoms with Gasteiger partial charge in [-0.1, -0.05) is 67.4 Å². The summed E-state index contributed by atoms with van der Waals surface area (Å²) in [6.45, 7) is 3.74. The number of nitriles is 1. The molecule has 0 bridgehead atoms. The molecule has 2 atom stereocenters. The van der Waals surface area contributed by atoms with Crippen LogP contribution < -0.4 is 11.1 Å². The van der Waals surface area contributed by atoms with E-state index in [2.05, 4.69) is 16.4 Å². The molecule has 1 aromatic heterocycles. The number of carbonyl (C=O) groups excluding carboxylic acids is 1. The van der Waals surface area contributed by atoms with Gasteiger partial charge in [-0.2, -0.15) is 18.4 Å². The highest BCUT2D eigenvalue weighted by Gasteiger charge is 2.37. The molecule has 1 unspecified atom stereocenters. The van der Waals surface area contributed by atoms with Gasteiger partial charge in [-0.05, 0) is 65.7 Å². The van der Waals surface area contributed by atoms with Crippen molar-refractivity contribution in [3.8, 4) is 6.07 Å². The first kappa shape index (κ1) is 34.9. The topological polar surface area (TPSA) is 100.0 Å². The molecule has 0 fully saturated rings. The fourth-order valence-electron chi connectivity index (χ4n) is 5.17. The molecule has 1 heterocycles. The molecule has 0 aliphatic heterocycles. The summed E-state index contributed by atoms with van der Waals surface area (Å²) < 4.78 is 43.8. The number of nitrogens with two attached hydrogens (primary N) is 1. The van der Waals surface area contributed by atoms with Crippen LogP contribution in [-0.2, 0) is 30.5 Å². The number of hydrogen-bond donors (Lipinski definition) is 2. The number of ketones is 1. The molecular weight excluding hydrogens is 656 g/mol. The number of rotatable bonds is 11. The van der Waals surface area contributed by atoms with Crippen LogP contribution in [0.25, 0.3) is 0 Å². The Kier molecular flexibility index (Phi) is 11.5. The van der Waals surface area contributed by atoms with Crippen LogP contribution in [0.15, 0.2) is 79.3 Å². The van der Waals surface area contributed by atoms with Gasteiger partial charge in [0.05, 0.1) is 46.3 Å². The number of thiocarbonyl (C=S) groups is 1. The molecule has 13 heteroatoms. The second-order valence-electron chi connectivity index (χ2n) is 11.1. The lowest BCUT2D eigenvalue weighted by molar-refractivity contribution is -0.138. The van der Waals surface area contributed by atoms with E-state index in [9.17, 15) is 18.0 Å². The SMILES string of the molecule is CC(C)[C@H](C(=O)Cc1cncn1Cc1ccc(C#N)cc1)C(N)N(Cc1ccccc1C(F)(F)F)C(=S)Nc1ccc(Cl)cc1Cl. The standard InChI is InChI=1S/C33H31Cl2F3N6OS/c1-20(2)30(29(45)14-25-16-41-19-43(25)17-22-9-7-21(15-39)8-10-22)31(40)44(18-23-5-3-4-6-26(23)33(36,37)38)32(46)42-28-12-11-24(34)13-27(28)35/h3-13,16,19-20,30-31H,14,17-18,40H2,1-2H3,(H,42,46)/t30-,31?/m1/s1. The van der Waals surface area contributed by atoms with Gasteiger partial charge < -0.3 is 20.5 Å². The molecule has 4 aromatic rings. The third-order valence-electron chi connectivity index (χ3n) is 7.50. The van der Waals surface area contributed by atoms with E-state index in [0.29, 0.717) is 28.5 Å². The lowest BCUT2D eigenvalue weighted by Gasteiger charge is -2.38. The molecule has 0 radical (unpaired) electrons. The number of Topliss-reactive ketones (excluding diaryl/α,β-unsaturated/α-hetero) is 1. The number of aromatic nitrogens is 2. The quantitative estimate of drug-likeness (QED) is 0.123. The zero-order valence-corrected chi connectivity index (χ0v) is 27.3. The van der Waals surface area contributed by atoms with Crippen molar-refractivity contribution in [3.05, 3.63) is 117 Å². The molecule has 3 N–H and O–H groups in total. The van der Waals surface area contributed by atoms with Crippen LogP contribution in [0.2, 0.25) is 10.0 Å². The molecule has 0 aliphatic rings. The predicted molar refractivity (Wildman–Crippen MR) is 177 cm³/mol. The van der Waals surface area contributed by atoms with Crippen LogP contribution in [0.3, 0.4) is 0 Å². The number of hydrogen-bond acceptors (Lipinski definition) is 5. The van der Waals surface area contributed by atoms with Crippen LogP contribution in [0.1, 0.15) is 41.8 Å². The normalized spacial score (nSPS) is 12.8. The van der Waals surface area contributed by atoms with E-state index in [0.717, 1.165) is 11.6 Å². The van der Waals surface area contributed by atoms with Crippen LogP contribution in [0, 0.1) is 23.2 Å². The van der Waals surface area contributed by atoms with Crippen LogP contribution in [0.5, 0.6) is 0 Å². The molecule has 0 spiro atoms. The van der Waals surface area contributed by atoms with E-state index in [4.69, 9.17) is 46.4 Å². The highest BCUT2D eigenvalue weighted by Crippen LogP contribution is 2.34. The first-order chi connectivity index (χ1) is 21.8. The molecule has 240 valence electrons. The maximum absolute atomic E-state index is 14.0. The van der Waals surface area contributed by atoms with Crippen molar-refractivity contribution >= 4 is 52.0 Å². The van der Waals surface area contributed by atoms with Crippen LogP contribution in [0.4, 0.5) is 18.9 Å². The molecule has 7 nitrogen and oxygen atoms in total. The summed E-state index contributed by atoms with van der Waals surface area (Å²) in [7, 11) is 0. The monoisotopic (exact) mass is 686 g/mol. The Balaban J connectivity index is 1.64. The van der Waals surface area contributed by atoms with Crippen molar-refractivity contribution in [2.45, 2.75) is 45.7 Å². The Labute approximate surface area is 280 Å². The molecule has 0 amide bonds. The second-order valence-corrected chi connectivity index (χ2v) is 12.3. The fraction of sp³-hybridized carbons (Fsp3) is 0.273. The Morgan fingerprint density at radius 2 is 1.83 bits per heavy atom. The van der Waals surface area contributed by atoms with Gasteiger partial charge in [0.15, 0.2) is 5.11 Å². The van der Waals surface area contributed by atoms with Crippen molar-refractivity contribution in [1.82, 2.24) is 14.5 Å². The first-order valence-electron chi connectivity index (χ1n) is 14.2. The van der Waals surface area contributed by atoms with Gasteiger partial charge in [0.25, 0.3) is 0 Å². The maximum atomic E-state index is 14.0. The van der Waals surface area contributed by atoms with Gasteiger partial charge in [-0.15, -0.1) is 0 Å². The molecule has 3 aromatic carbocycles. The van der Waals surface area contributed by atoms with E-state index in [1.807, 2.05) is 30.5 Å². The van der Waals surface area contributed by atoms with E-state index in [1.165, 1.54) is 29.2 Å². The smallest absolute Gasteiger partial charge is 0.331 e. The molecule has 0 aliphatic carbocycles. The minimum atomic E-state index is -4.62. The number of nitrogens with one attached hydrogen (secondary N) is 1. The Morgan fingerprint density at radius 1 is 1.13 bits per heavy atom. The number of nitrogens with zero attached hydrogens (tertiary/aromatic N) is 4. The maximum Gasteiger partial charge on any atom is 0.416 e. The number of carbonyl (C=O) groups is 1. The van der Waals surface area contributed by atoms with Gasteiger partial charge in [0.2, 0.25) is 0 Å². The van der Waals surface area contributed by atoms with Crippen molar-refractivity contribution in [3.63, 3.8) is 0 Å². The summed E-state index contributed by atoms with van der Waals surface area (Å²) in [4.78, 5) is 19.6. The highest BCUT2D eigenvalue weighted by molar-refractivity contribution is 7.80. The zero-order valence-electron chi connectivity index (χ0n) is 24.9. The average Bonchev–Trinajstić information content (AvgIpc) is 3.43. The first-order valence-corrected chi connectivity index (χ1v) is 15.4. The summed E-state index contributed by atoms with van der Waals surface area (Å²) in [6, 6.07) is 19.0. The lowest BCUT2D eigenvalue weighted by atomic mass is 9.86. The summed E-state index contributed by atoms with van der Waals surface area (Å²) in [5.41, 5.74) is 8.35. The van der Waals surface area contributed by atoms with Gasteiger partial charge in [0, 0.05) is 36.4 Å². The summed E-state index contributed by atoms with van der Waals surface area (Å²) >= 11 is 18.1. The summed E-state index contributed by atoms with van der Waals surface area (Å²) in [6.07, 6.45) is -2.56. The Bertz CT molecular complexity index is 1740. The van der Waals surface area contributed by atoms with Crippen molar-refractivity contribution < 1.29 is 18.0 Å². The Morgan fingerprint density at radius 3 is 2.46 bits per heavy atom. The summed E-state index contributed by atoms with van der Waals surface area (Å²) in [5.74, 6) is -1.37. The van der Waals surface area contributed by atoms with Crippen LogP contribution >= 0.6 is 35.4 Å². The van der Waals surface area contributed by atoms with Crippen molar-refractivity contribution in [1.29, 1.82) is 5.26 Å². The number of halogens is 5. The Hall–Kier alpha value is -3.95. The molecular formula is C33H31Cl2F3N6OS. The van der Waals surface area contributed by atoms with Crippen molar-refractivity contribution in [2.75, 3.05) is 5.32 Å². The molecule has 0 saturated heterocycles. The van der Waals surface area contributed by atoms with Gasteiger partial charge >= 0.3 is 6.18 Å². The van der Waals surface area contributed by atoms with E-state index >= 15 is 0 Å². The highest BCUT2D eigenvalue weighted by atomic mass is 35.5. The minimum absolute atomic E-state index is 0.0157. The fourth-order valence-corrected chi connectivity index (χ4v) is 5.93. The third-order valence-corrected chi connectivity index (χ3v) is 8.39.